The second-order valence-electron chi connectivity index (χ2n) is 6.73. The van der Waals surface area contributed by atoms with Gasteiger partial charge in [0, 0.05) is 39.8 Å². The smallest absolute Gasteiger partial charge is 0.252 e. The van der Waals surface area contributed by atoms with Crippen molar-refractivity contribution in [3.8, 4) is 0 Å². The molecule has 1 amide bonds. The lowest BCUT2D eigenvalue weighted by molar-refractivity contribution is -0.136. The lowest BCUT2D eigenvalue weighted by atomic mass is 10.2. The number of sulfonamides is 1. The third kappa shape index (κ3) is 4.57. The van der Waals surface area contributed by atoms with E-state index in [9.17, 15) is 13.2 Å². The molecule has 27 heavy (non-hydrogen) atoms. The molecule has 6 nitrogen and oxygen atoms in total. The molecule has 0 unspecified atom stereocenters. The van der Waals surface area contributed by atoms with Crippen molar-refractivity contribution in [2.24, 2.45) is 0 Å². The number of rotatable bonds is 6. The summed E-state index contributed by atoms with van der Waals surface area (Å²) in [6, 6.07) is 13.0. The molecule has 0 aliphatic carbocycles. The highest BCUT2D eigenvalue weighted by molar-refractivity contribution is 7.91. The molecule has 1 aromatic carbocycles. The van der Waals surface area contributed by atoms with Gasteiger partial charge in [0.05, 0.1) is 6.04 Å². The predicted octanol–water partition coefficient (Wildman–Crippen LogP) is 2.10. The van der Waals surface area contributed by atoms with Crippen molar-refractivity contribution in [2.45, 2.75) is 23.7 Å². The Bertz CT molecular complexity index is 846. The number of carbonyl (C=O) groups is 1. The Morgan fingerprint density at radius 2 is 1.78 bits per heavy atom. The van der Waals surface area contributed by atoms with Crippen LogP contribution < -0.4 is 0 Å². The molecule has 8 heteroatoms. The monoisotopic (exact) mass is 407 g/mol. The summed E-state index contributed by atoms with van der Waals surface area (Å²) in [5, 5.41) is 1.77. The minimum absolute atomic E-state index is 0.0495. The van der Waals surface area contributed by atoms with E-state index in [0.29, 0.717) is 36.9 Å². The van der Waals surface area contributed by atoms with Gasteiger partial charge in [-0.3, -0.25) is 9.69 Å². The van der Waals surface area contributed by atoms with E-state index in [4.69, 9.17) is 0 Å². The topological polar surface area (TPSA) is 60.9 Å². The van der Waals surface area contributed by atoms with Crippen LogP contribution in [-0.2, 0) is 21.4 Å². The van der Waals surface area contributed by atoms with Crippen LogP contribution in [0.4, 0.5) is 0 Å². The van der Waals surface area contributed by atoms with Gasteiger partial charge in [-0.15, -0.1) is 11.3 Å². The molecule has 1 aromatic heterocycles. The van der Waals surface area contributed by atoms with Gasteiger partial charge in [-0.25, -0.2) is 8.42 Å². The molecular formula is C19H25N3O3S2. The van der Waals surface area contributed by atoms with Crippen LogP contribution in [0.5, 0.6) is 0 Å². The van der Waals surface area contributed by atoms with Crippen LogP contribution >= 0.6 is 11.3 Å². The van der Waals surface area contributed by atoms with E-state index in [0.717, 1.165) is 5.56 Å². The van der Waals surface area contributed by atoms with Crippen molar-refractivity contribution in [2.75, 3.05) is 33.2 Å². The molecule has 0 spiro atoms. The second-order valence-corrected chi connectivity index (χ2v) is 9.84. The van der Waals surface area contributed by atoms with Crippen LogP contribution in [0.1, 0.15) is 12.5 Å². The van der Waals surface area contributed by atoms with E-state index >= 15 is 0 Å². The summed E-state index contributed by atoms with van der Waals surface area (Å²) in [7, 11) is -1.61. The van der Waals surface area contributed by atoms with E-state index in [1.807, 2.05) is 44.3 Å². The van der Waals surface area contributed by atoms with E-state index in [1.165, 1.54) is 15.6 Å². The van der Waals surface area contributed by atoms with Crippen LogP contribution in [-0.4, -0.2) is 67.7 Å². The molecule has 1 fully saturated rings. The Labute approximate surface area is 165 Å². The normalized spacial score (nSPS) is 17.6. The van der Waals surface area contributed by atoms with Crippen LogP contribution in [0.2, 0.25) is 0 Å². The number of hydrogen-bond donors (Lipinski definition) is 0. The van der Waals surface area contributed by atoms with Gasteiger partial charge in [0.25, 0.3) is 10.0 Å². The third-order valence-electron chi connectivity index (χ3n) is 4.91. The SMILES string of the molecule is C[C@H](C(=O)N(C)Cc1ccccc1)N1CCN(S(=O)(=O)c2cccs2)CC1. The summed E-state index contributed by atoms with van der Waals surface area (Å²) in [4.78, 5) is 16.6. The van der Waals surface area contributed by atoms with Crippen molar-refractivity contribution >= 4 is 27.3 Å². The molecule has 3 rings (SSSR count). The number of nitrogens with zero attached hydrogens (tertiary/aromatic N) is 3. The summed E-state index contributed by atoms with van der Waals surface area (Å²) in [6.07, 6.45) is 0. The van der Waals surface area contributed by atoms with Gasteiger partial charge >= 0.3 is 0 Å². The Balaban J connectivity index is 1.56. The zero-order valence-electron chi connectivity index (χ0n) is 15.6. The number of piperazine rings is 1. The molecular weight excluding hydrogens is 382 g/mol. The number of likely N-dealkylation sites (N-methyl/N-ethyl adjacent to an activating group) is 1. The lowest BCUT2D eigenvalue weighted by Crippen LogP contribution is -2.54. The fourth-order valence-corrected chi connectivity index (χ4v) is 5.85. The average molecular weight is 408 g/mol. The molecule has 0 radical (unpaired) electrons. The van der Waals surface area contributed by atoms with Crippen molar-refractivity contribution < 1.29 is 13.2 Å². The van der Waals surface area contributed by atoms with Crippen LogP contribution in [0.15, 0.2) is 52.1 Å². The molecule has 1 aliphatic rings. The van der Waals surface area contributed by atoms with Crippen LogP contribution in [0, 0.1) is 0 Å². The summed E-state index contributed by atoms with van der Waals surface area (Å²) in [5.41, 5.74) is 1.09. The Kier molecular flexibility index (Phi) is 6.31. The summed E-state index contributed by atoms with van der Waals surface area (Å²) < 4.78 is 27.1. The highest BCUT2D eigenvalue weighted by Crippen LogP contribution is 2.22. The van der Waals surface area contributed by atoms with Gasteiger partial charge in [0.15, 0.2) is 0 Å². The third-order valence-corrected chi connectivity index (χ3v) is 8.18. The number of thiophene rings is 1. The summed E-state index contributed by atoms with van der Waals surface area (Å²) in [5.74, 6) is 0.0495. The van der Waals surface area contributed by atoms with Crippen molar-refractivity contribution in [1.29, 1.82) is 0 Å². The van der Waals surface area contributed by atoms with Crippen molar-refractivity contribution in [3.05, 3.63) is 53.4 Å². The first kappa shape index (κ1) is 20.0. The first-order valence-corrected chi connectivity index (χ1v) is 11.3. The Morgan fingerprint density at radius 3 is 2.37 bits per heavy atom. The minimum Gasteiger partial charge on any atom is -0.340 e. The molecule has 1 aliphatic heterocycles. The van der Waals surface area contributed by atoms with E-state index in [1.54, 1.807) is 22.4 Å². The summed E-state index contributed by atoms with van der Waals surface area (Å²) in [6.45, 7) is 4.37. The van der Waals surface area contributed by atoms with E-state index in [-0.39, 0.29) is 11.9 Å². The van der Waals surface area contributed by atoms with Gasteiger partial charge in [0.1, 0.15) is 4.21 Å². The largest absolute Gasteiger partial charge is 0.340 e. The molecule has 1 saturated heterocycles. The Hall–Kier alpha value is -1.74. The fourth-order valence-electron chi connectivity index (χ4n) is 3.28. The average Bonchev–Trinajstić information content (AvgIpc) is 3.23. The molecule has 2 aromatic rings. The molecule has 0 N–H and O–H groups in total. The van der Waals surface area contributed by atoms with Gasteiger partial charge < -0.3 is 4.90 Å². The molecule has 0 saturated carbocycles. The zero-order valence-corrected chi connectivity index (χ0v) is 17.2. The molecule has 2 heterocycles. The highest BCUT2D eigenvalue weighted by Gasteiger charge is 2.33. The van der Waals surface area contributed by atoms with Gasteiger partial charge in [0.2, 0.25) is 5.91 Å². The molecule has 1 atom stereocenters. The van der Waals surface area contributed by atoms with Gasteiger partial charge in [-0.05, 0) is 23.9 Å². The number of carbonyl (C=O) groups excluding carboxylic acids is 1. The lowest BCUT2D eigenvalue weighted by Gasteiger charge is -2.37. The number of benzene rings is 1. The van der Waals surface area contributed by atoms with Crippen molar-refractivity contribution in [3.63, 3.8) is 0 Å². The maximum atomic E-state index is 12.8. The standard InChI is InChI=1S/C19H25N3O3S2/c1-16(19(23)20(2)15-17-7-4-3-5-8-17)21-10-12-22(13-11-21)27(24,25)18-9-6-14-26-18/h3-9,14,16H,10-13,15H2,1-2H3/t16-/m1/s1. The maximum Gasteiger partial charge on any atom is 0.252 e. The zero-order chi connectivity index (χ0) is 19.4. The van der Waals surface area contributed by atoms with Crippen LogP contribution in [0.25, 0.3) is 0 Å². The van der Waals surface area contributed by atoms with Gasteiger partial charge in [-0.1, -0.05) is 36.4 Å². The first-order chi connectivity index (χ1) is 12.9. The maximum absolute atomic E-state index is 12.8. The Morgan fingerprint density at radius 1 is 1.11 bits per heavy atom. The van der Waals surface area contributed by atoms with Crippen LogP contribution in [0.3, 0.4) is 0 Å². The number of amides is 1. The summed E-state index contributed by atoms with van der Waals surface area (Å²) >= 11 is 1.24. The number of hydrogen-bond acceptors (Lipinski definition) is 5. The van der Waals surface area contributed by atoms with Crippen molar-refractivity contribution in [1.82, 2.24) is 14.1 Å². The van der Waals surface area contributed by atoms with E-state index in [2.05, 4.69) is 4.90 Å². The highest BCUT2D eigenvalue weighted by atomic mass is 32.2. The molecule has 0 bridgehead atoms. The predicted molar refractivity (Wildman–Crippen MR) is 107 cm³/mol. The van der Waals surface area contributed by atoms with E-state index < -0.39 is 10.0 Å². The minimum atomic E-state index is -3.42. The fraction of sp³-hybridized carbons (Fsp3) is 0.421. The van der Waals surface area contributed by atoms with Gasteiger partial charge in [-0.2, -0.15) is 4.31 Å². The molecule has 146 valence electrons. The quantitative estimate of drug-likeness (QED) is 0.736. The second kappa shape index (κ2) is 8.52. The first-order valence-electron chi connectivity index (χ1n) is 8.96.